The van der Waals surface area contributed by atoms with Crippen LogP contribution in [-0.4, -0.2) is 19.6 Å². The normalized spacial score (nSPS) is 14.1. The highest BCUT2D eigenvalue weighted by atomic mass is 79.9. The summed E-state index contributed by atoms with van der Waals surface area (Å²) in [6.07, 6.45) is 0. The Bertz CT molecular complexity index is 423. The highest BCUT2D eigenvalue weighted by molar-refractivity contribution is 9.10. The maximum absolute atomic E-state index is 8.92. The largest absolute Gasteiger partial charge is 0.382 e. The van der Waals surface area contributed by atoms with E-state index in [4.69, 9.17) is 5.26 Å². The number of hydrogen-bond acceptors (Lipinski definition) is 3. The van der Waals surface area contributed by atoms with Crippen LogP contribution >= 0.6 is 15.9 Å². The third-order valence-corrected chi connectivity index (χ3v) is 3.28. The molecule has 78 valence electrons. The molecule has 1 N–H and O–H groups in total. The number of likely N-dealkylation sites (N-methyl/N-ethyl adjacent to an activating group) is 1. The molecule has 0 unspecified atom stereocenters. The second-order valence-corrected chi connectivity index (χ2v) is 4.32. The fraction of sp³-hybridized carbons (Fsp3) is 0.364. The van der Waals surface area contributed by atoms with Crippen molar-refractivity contribution in [2.45, 2.75) is 6.92 Å². The molecule has 0 saturated heterocycles. The molecule has 0 bridgehead atoms. The Morgan fingerprint density at radius 2 is 2.40 bits per heavy atom. The van der Waals surface area contributed by atoms with Gasteiger partial charge < -0.3 is 10.2 Å². The lowest BCUT2D eigenvalue weighted by Gasteiger charge is -2.31. The first kappa shape index (κ1) is 10.3. The van der Waals surface area contributed by atoms with Crippen molar-refractivity contribution in [2.75, 3.05) is 29.9 Å². The van der Waals surface area contributed by atoms with Crippen molar-refractivity contribution in [1.29, 1.82) is 5.26 Å². The van der Waals surface area contributed by atoms with E-state index in [0.717, 1.165) is 29.8 Å². The average Bonchev–Trinajstić information content (AvgIpc) is 2.27. The fourth-order valence-corrected chi connectivity index (χ4v) is 2.25. The molecule has 0 radical (unpaired) electrons. The molecule has 0 saturated carbocycles. The van der Waals surface area contributed by atoms with E-state index < -0.39 is 0 Å². The zero-order valence-corrected chi connectivity index (χ0v) is 10.1. The Kier molecular flexibility index (Phi) is 2.83. The summed E-state index contributed by atoms with van der Waals surface area (Å²) in [5.74, 6) is 0. The number of halogens is 1. The van der Waals surface area contributed by atoms with E-state index in [-0.39, 0.29) is 0 Å². The van der Waals surface area contributed by atoms with Crippen LogP contribution in [-0.2, 0) is 0 Å². The van der Waals surface area contributed by atoms with E-state index in [9.17, 15) is 0 Å². The highest BCUT2D eigenvalue weighted by Gasteiger charge is 2.16. The first-order chi connectivity index (χ1) is 7.26. The quantitative estimate of drug-likeness (QED) is 0.849. The van der Waals surface area contributed by atoms with Crippen molar-refractivity contribution in [3.8, 4) is 6.07 Å². The molecular weight excluding hydrogens is 254 g/mol. The Morgan fingerprint density at radius 3 is 3.07 bits per heavy atom. The van der Waals surface area contributed by atoms with Crippen LogP contribution in [0.1, 0.15) is 12.5 Å². The molecule has 1 aliphatic rings. The van der Waals surface area contributed by atoms with E-state index in [0.29, 0.717) is 5.56 Å². The lowest BCUT2D eigenvalue weighted by atomic mass is 10.1. The maximum atomic E-state index is 8.92. The van der Waals surface area contributed by atoms with Crippen molar-refractivity contribution in [3.05, 3.63) is 22.2 Å². The smallest absolute Gasteiger partial charge is 0.100 e. The number of nitriles is 1. The fourth-order valence-electron chi connectivity index (χ4n) is 1.83. The van der Waals surface area contributed by atoms with Crippen LogP contribution in [0.2, 0.25) is 0 Å². The molecule has 0 aliphatic carbocycles. The lowest BCUT2D eigenvalue weighted by Crippen LogP contribution is -2.33. The van der Waals surface area contributed by atoms with Gasteiger partial charge in [0.05, 0.1) is 16.9 Å². The molecule has 4 heteroatoms. The summed E-state index contributed by atoms with van der Waals surface area (Å²) in [5.41, 5.74) is 2.91. The lowest BCUT2D eigenvalue weighted by molar-refractivity contribution is 0.814. The first-order valence-corrected chi connectivity index (χ1v) is 5.78. The Morgan fingerprint density at radius 1 is 1.60 bits per heavy atom. The van der Waals surface area contributed by atoms with Gasteiger partial charge in [0.15, 0.2) is 0 Å². The molecular formula is C11H12BrN3. The van der Waals surface area contributed by atoms with E-state index in [2.05, 4.69) is 39.1 Å². The summed E-state index contributed by atoms with van der Waals surface area (Å²) < 4.78 is 0.867. The molecule has 0 atom stereocenters. The summed E-state index contributed by atoms with van der Waals surface area (Å²) in [4.78, 5) is 2.30. The minimum atomic E-state index is 0.680. The van der Waals surface area contributed by atoms with Crippen LogP contribution in [0.15, 0.2) is 16.6 Å². The summed E-state index contributed by atoms with van der Waals surface area (Å²) in [6, 6.07) is 6.09. The van der Waals surface area contributed by atoms with Crippen LogP contribution in [0.4, 0.5) is 11.4 Å². The van der Waals surface area contributed by atoms with Gasteiger partial charge in [0.25, 0.3) is 0 Å². The monoisotopic (exact) mass is 265 g/mol. The van der Waals surface area contributed by atoms with Crippen molar-refractivity contribution >= 4 is 27.3 Å². The van der Waals surface area contributed by atoms with E-state index in [1.54, 1.807) is 0 Å². The SMILES string of the molecule is CCN1CCNc2cc(C#N)c(Br)cc21. The van der Waals surface area contributed by atoms with Crippen molar-refractivity contribution in [3.63, 3.8) is 0 Å². The van der Waals surface area contributed by atoms with Gasteiger partial charge in [-0.25, -0.2) is 0 Å². The summed E-state index contributed by atoms with van der Waals surface area (Å²) in [6.45, 7) is 5.09. The van der Waals surface area contributed by atoms with Gasteiger partial charge in [0, 0.05) is 24.1 Å². The van der Waals surface area contributed by atoms with Gasteiger partial charge in [-0.1, -0.05) is 0 Å². The summed E-state index contributed by atoms with van der Waals surface area (Å²) in [7, 11) is 0. The number of benzene rings is 1. The van der Waals surface area contributed by atoms with Gasteiger partial charge in [-0.2, -0.15) is 5.26 Å². The van der Waals surface area contributed by atoms with Crippen LogP contribution in [0, 0.1) is 11.3 Å². The van der Waals surface area contributed by atoms with E-state index in [1.165, 1.54) is 5.69 Å². The molecule has 15 heavy (non-hydrogen) atoms. The van der Waals surface area contributed by atoms with Gasteiger partial charge in [-0.05, 0) is 35.0 Å². The van der Waals surface area contributed by atoms with E-state index in [1.807, 2.05) is 12.1 Å². The topological polar surface area (TPSA) is 39.1 Å². The van der Waals surface area contributed by atoms with Gasteiger partial charge >= 0.3 is 0 Å². The molecule has 0 fully saturated rings. The van der Waals surface area contributed by atoms with Crippen LogP contribution in [0.25, 0.3) is 0 Å². The molecule has 0 aromatic heterocycles. The third kappa shape index (κ3) is 1.80. The van der Waals surface area contributed by atoms with Crippen molar-refractivity contribution in [2.24, 2.45) is 0 Å². The predicted molar refractivity (Wildman–Crippen MR) is 65.2 cm³/mol. The summed E-state index contributed by atoms with van der Waals surface area (Å²) in [5, 5.41) is 12.2. The molecule has 0 amide bonds. The standard InChI is InChI=1S/C11H12BrN3/c1-2-15-4-3-14-10-5-8(7-13)9(12)6-11(10)15/h5-6,14H,2-4H2,1H3. The second kappa shape index (κ2) is 4.11. The molecule has 1 aromatic carbocycles. The van der Waals surface area contributed by atoms with Gasteiger partial charge in [-0.15, -0.1) is 0 Å². The van der Waals surface area contributed by atoms with Crippen molar-refractivity contribution in [1.82, 2.24) is 0 Å². The molecule has 1 aliphatic heterocycles. The molecule has 1 heterocycles. The van der Waals surface area contributed by atoms with Crippen LogP contribution < -0.4 is 10.2 Å². The molecule has 3 nitrogen and oxygen atoms in total. The average molecular weight is 266 g/mol. The predicted octanol–water partition coefficient (Wildman–Crippen LogP) is 2.57. The maximum Gasteiger partial charge on any atom is 0.100 e. The minimum Gasteiger partial charge on any atom is -0.382 e. The zero-order valence-electron chi connectivity index (χ0n) is 8.55. The Hall–Kier alpha value is -1.21. The second-order valence-electron chi connectivity index (χ2n) is 3.47. The number of anilines is 2. The number of hydrogen-bond donors (Lipinski definition) is 1. The van der Waals surface area contributed by atoms with Gasteiger partial charge in [-0.3, -0.25) is 0 Å². The minimum absolute atomic E-state index is 0.680. The third-order valence-electron chi connectivity index (χ3n) is 2.63. The molecule has 0 spiro atoms. The molecule has 2 rings (SSSR count). The number of rotatable bonds is 1. The van der Waals surface area contributed by atoms with Gasteiger partial charge in [0.2, 0.25) is 0 Å². The highest BCUT2D eigenvalue weighted by Crippen LogP contribution is 2.34. The Labute approximate surface area is 97.8 Å². The number of nitrogens with zero attached hydrogens (tertiary/aromatic N) is 2. The van der Waals surface area contributed by atoms with Crippen LogP contribution in [0.3, 0.4) is 0 Å². The van der Waals surface area contributed by atoms with Crippen LogP contribution in [0.5, 0.6) is 0 Å². The van der Waals surface area contributed by atoms with Crippen molar-refractivity contribution < 1.29 is 0 Å². The van der Waals surface area contributed by atoms with E-state index >= 15 is 0 Å². The summed E-state index contributed by atoms with van der Waals surface area (Å²) >= 11 is 3.42. The Balaban J connectivity index is 2.51. The number of nitrogens with one attached hydrogen (secondary N) is 1. The number of fused-ring (bicyclic) bond motifs is 1. The zero-order chi connectivity index (χ0) is 10.8. The first-order valence-electron chi connectivity index (χ1n) is 4.98. The molecule has 1 aromatic rings. The van der Waals surface area contributed by atoms with Gasteiger partial charge in [0.1, 0.15) is 6.07 Å².